The van der Waals surface area contributed by atoms with Crippen molar-refractivity contribution in [3.8, 4) is 0 Å². The lowest BCUT2D eigenvalue weighted by molar-refractivity contribution is -0.122. The summed E-state index contributed by atoms with van der Waals surface area (Å²) in [5, 5.41) is 8.68. The lowest BCUT2D eigenvalue weighted by Gasteiger charge is -2.17. The Morgan fingerprint density at radius 1 is 1.24 bits per heavy atom. The standard InChI is InChI=1S/C19H22N4O2/c1-23-19-15(9-6-11-20-19)18(22-23)16(21-17(24)10-12-25-2)13-14-7-4-3-5-8-14/h3-9,11,16H,10,12-13H2,1-2H3,(H,21,24)/t16-/m1/s1. The number of pyridine rings is 1. The average Bonchev–Trinajstić information content (AvgIpc) is 2.97. The minimum absolute atomic E-state index is 0.0505. The van der Waals surface area contributed by atoms with Gasteiger partial charge in [-0.25, -0.2) is 4.98 Å². The molecule has 1 amide bonds. The van der Waals surface area contributed by atoms with E-state index in [1.54, 1.807) is 18.0 Å². The van der Waals surface area contributed by atoms with Gasteiger partial charge in [0.2, 0.25) is 5.91 Å². The molecule has 0 radical (unpaired) electrons. The fourth-order valence-electron chi connectivity index (χ4n) is 2.90. The highest BCUT2D eigenvalue weighted by Gasteiger charge is 2.22. The predicted molar refractivity (Wildman–Crippen MR) is 96.0 cm³/mol. The summed E-state index contributed by atoms with van der Waals surface area (Å²) < 4.78 is 6.76. The lowest BCUT2D eigenvalue weighted by atomic mass is 10.0. The van der Waals surface area contributed by atoms with Gasteiger partial charge in [-0.2, -0.15) is 5.10 Å². The summed E-state index contributed by atoms with van der Waals surface area (Å²) in [5.74, 6) is -0.0505. The number of amides is 1. The Morgan fingerprint density at radius 3 is 2.80 bits per heavy atom. The molecule has 0 bridgehead atoms. The first-order valence-electron chi connectivity index (χ1n) is 8.29. The number of benzene rings is 1. The van der Waals surface area contributed by atoms with E-state index in [0.29, 0.717) is 19.4 Å². The van der Waals surface area contributed by atoms with E-state index in [0.717, 1.165) is 22.3 Å². The van der Waals surface area contributed by atoms with E-state index in [1.165, 1.54) is 0 Å². The number of nitrogens with one attached hydrogen (secondary N) is 1. The molecule has 25 heavy (non-hydrogen) atoms. The maximum absolute atomic E-state index is 12.3. The highest BCUT2D eigenvalue weighted by molar-refractivity contribution is 5.81. The number of hydrogen-bond donors (Lipinski definition) is 1. The van der Waals surface area contributed by atoms with E-state index in [9.17, 15) is 4.79 Å². The summed E-state index contributed by atoms with van der Waals surface area (Å²) >= 11 is 0. The Morgan fingerprint density at radius 2 is 2.04 bits per heavy atom. The fourth-order valence-corrected chi connectivity index (χ4v) is 2.90. The zero-order valence-electron chi connectivity index (χ0n) is 14.5. The van der Waals surface area contributed by atoms with Crippen LogP contribution in [-0.4, -0.2) is 34.4 Å². The van der Waals surface area contributed by atoms with Gasteiger partial charge in [-0.3, -0.25) is 9.48 Å². The number of ether oxygens (including phenoxy) is 1. The maximum Gasteiger partial charge on any atom is 0.222 e. The number of aryl methyl sites for hydroxylation is 1. The number of nitrogens with zero attached hydrogens (tertiary/aromatic N) is 3. The molecule has 0 saturated heterocycles. The molecule has 1 atom stereocenters. The van der Waals surface area contributed by atoms with E-state index in [-0.39, 0.29) is 11.9 Å². The summed E-state index contributed by atoms with van der Waals surface area (Å²) in [7, 11) is 3.46. The SMILES string of the molecule is COCCC(=O)N[C@H](Cc1ccccc1)c1nn(C)c2ncccc12. The van der Waals surface area contributed by atoms with Gasteiger partial charge in [-0.05, 0) is 24.1 Å². The second-order valence-electron chi connectivity index (χ2n) is 5.94. The second kappa shape index (κ2) is 7.90. The number of aromatic nitrogens is 3. The third-order valence-corrected chi connectivity index (χ3v) is 4.11. The summed E-state index contributed by atoms with van der Waals surface area (Å²) in [6.07, 6.45) is 2.74. The molecule has 0 aliphatic heterocycles. The maximum atomic E-state index is 12.3. The van der Waals surface area contributed by atoms with Crippen molar-refractivity contribution in [2.45, 2.75) is 18.9 Å². The molecule has 0 spiro atoms. The number of methoxy groups -OCH3 is 1. The molecule has 0 aliphatic carbocycles. The van der Waals surface area contributed by atoms with Gasteiger partial charge in [0.05, 0.1) is 18.3 Å². The summed E-state index contributed by atoms with van der Waals surface area (Å²) in [4.78, 5) is 16.7. The molecular weight excluding hydrogens is 316 g/mol. The van der Waals surface area contributed by atoms with Crippen molar-refractivity contribution in [1.29, 1.82) is 0 Å². The first-order chi connectivity index (χ1) is 12.2. The third-order valence-electron chi connectivity index (χ3n) is 4.11. The number of carbonyl (C=O) groups excluding carboxylic acids is 1. The van der Waals surface area contributed by atoms with E-state index in [1.807, 2.05) is 37.4 Å². The topological polar surface area (TPSA) is 69.0 Å². The minimum Gasteiger partial charge on any atom is -0.384 e. The van der Waals surface area contributed by atoms with Crippen LogP contribution < -0.4 is 5.32 Å². The van der Waals surface area contributed by atoms with Crippen LogP contribution in [0.5, 0.6) is 0 Å². The zero-order valence-corrected chi connectivity index (χ0v) is 14.5. The van der Waals surface area contributed by atoms with Crippen LogP contribution in [-0.2, 0) is 23.0 Å². The van der Waals surface area contributed by atoms with Gasteiger partial charge >= 0.3 is 0 Å². The van der Waals surface area contributed by atoms with Gasteiger partial charge < -0.3 is 10.1 Å². The van der Waals surface area contributed by atoms with Gasteiger partial charge in [0.1, 0.15) is 0 Å². The van der Waals surface area contributed by atoms with Crippen LogP contribution in [0.25, 0.3) is 11.0 Å². The first-order valence-corrected chi connectivity index (χ1v) is 8.29. The number of carbonyl (C=O) groups is 1. The molecule has 1 aromatic carbocycles. The Hall–Kier alpha value is -2.73. The minimum atomic E-state index is -0.223. The number of hydrogen-bond acceptors (Lipinski definition) is 4. The number of fused-ring (bicyclic) bond motifs is 1. The summed E-state index contributed by atoms with van der Waals surface area (Å²) in [6, 6.07) is 13.7. The molecule has 6 nitrogen and oxygen atoms in total. The Balaban J connectivity index is 1.93. The monoisotopic (exact) mass is 338 g/mol. The van der Waals surface area contributed by atoms with Crippen molar-refractivity contribution < 1.29 is 9.53 Å². The molecule has 1 N–H and O–H groups in total. The zero-order chi connectivity index (χ0) is 17.6. The van der Waals surface area contributed by atoms with E-state index < -0.39 is 0 Å². The van der Waals surface area contributed by atoms with Crippen molar-refractivity contribution in [1.82, 2.24) is 20.1 Å². The molecule has 3 rings (SSSR count). The molecule has 0 aliphatic rings. The first kappa shape index (κ1) is 17.1. The largest absolute Gasteiger partial charge is 0.384 e. The van der Waals surface area contributed by atoms with Crippen LogP contribution in [0.15, 0.2) is 48.7 Å². The van der Waals surface area contributed by atoms with Crippen LogP contribution in [0, 0.1) is 0 Å². The Labute approximate surface area is 146 Å². The molecule has 130 valence electrons. The van der Waals surface area contributed by atoms with Crippen molar-refractivity contribution in [2.24, 2.45) is 7.05 Å². The Kier molecular flexibility index (Phi) is 5.40. The highest BCUT2D eigenvalue weighted by Crippen LogP contribution is 2.25. The Bertz CT molecular complexity index is 845. The van der Waals surface area contributed by atoms with Crippen LogP contribution in [0.2, 0.25) is 0 Å². The van der Waals surface area contributed by atoms with Gasteiger partial charge in [-0.1, -0.05) is 30.3 Å². The molecule has 2 aromatic heterocycles. The van der Waals surface area contributed by atoms with Crippen LogP contribution in [0.1, 0.15) is 23.7 Å². The second-order valence-corrected chi connectivity index (χ2v) is 5.94. The molecule has 0 fully saturated rings. The molecule has 0 unspecified atom stereocenters. The smallest absolute Gasteiger partial charge is 0.222 e. The van der Waals surface area contributed by atoms with Crippen LogP contribution in [0.4, 0.5) is 0 Å². The van der Waals surface area contributed by atoms with Crippen molar-refractivity contribution in [2.75, 3.05) is 13.7 Å². The predicted octanol–water partition coefficient (Wildman–Crippen LogP) is 2.40. The van der Waals surface area contributed by atoms with Gasteiger partial charge in [0.15, 0.2) is 5.65 Å². The quantitative estimate of drug-likeness (QED) is 0.718. The van der Waals surface area contributed by atoms with Crippen LogP contribution in [0.3, 0.4) is 0 Å². The average molecular weight is 338 g/mol. The van der Waals surface area contributed by atoms with Crippen molar-refractivity contribution in [3.63, 3.8) is 0 Å². The summed E-state index contributed by atoms with van der Waals surface area (Å²) in [5.41, 5.74) is 2.78. The van der Waals surface area contributed by atoms with E-state index in [2.05, 4.69) is 27.5 Å². The molecule has 3 aromatic rings. The van der Waals surface area contributed by atoms with Gasteiger partial charge in [0, 0.05) is 32.2 Å². The van der Waals surface area contributed by atoms with Crippen molar-refractivity contribution in [3.05, 3.63) is 59.9 Å². The van der Waals surface area contributed by atoms with E-state index >= 15 is 0 Å². The fraction of sp³-hybridized carbons (Fsp3) is 0.316. The molecule has 0 saturated carbocycles. The molecular formula is C19H22N4O2. The number of rotatable bonds is 7. The van der Waals surface area contributed by atoms with Crippen molar-refractivity contribution >= 4 is 16.9 Å². The molecule has 2 heterocycles. The van der Waals surface area contributed by atoms with Gasteiger partial charge in [-0.15, -0.1) is 0 Å². The summed E-state index contributed by atoms with van der Waals surface area (Å²) in [6.45, 7) is 0.397. The van der Waals surface area contributed by atoms with Gasteiger partial charge in [0.25, 0.3) is 0 Å². The highest BCUT2D eigenvalue weighted by atomic mass is 16.5. The van der Waals surface area contributed by atoms with E-state index in [4.69, 9.17) is 4.74 Å². The molecule has 6 heteroatoms. The third kappa shape index (κ3) is 4.03. The van der Waals surface area contributed by atoms with Crippen LogP contribution >= 0.6 is 0 Å². The lowest BCUT2D eigenvalue weighted by Crippen LogP contribution is -2.31. The normalized spacial score (nSPS) is 12.2.